The van der Waals surface area contributed by atoms with Gasteiger partial charge in [0, 0.05) is 22.1 Å². The maximum absolute atomic E-state index is 9.92. The number of hydrogen-bond donors (Lipinski definition) is 0. The van der Waals surface area contributed by atoms with Gasteiger partial charge in [-0.25, -0.2) is 0 Å². The fraction of sp³-hybridized carbons (Fsp3) is 0.0261. The molecular formula is C115H80ClN. The number of fused-ring (bicyclic) bond motifs is 12. The number of halogens is 1. The fourth-order valence-electron chi connectivity index (χ4n) is 17.1. The van der Waals surface area contributed by atoms with Gasteiger partial charge in [-0.2, -0.15) is 0 Å². The Balaban J connectivity index is 0.000000148. The Hall–Kier alpha value is -14.5. The van der Waals surface area contributed by atoms with Gasteiger partial charge < -0.3 is 4.90 Å². The first-order valence-corrected chi connectivity index (χ1v) is 38.7. The second kappa shape index (κ2) is 31.1. The first-order chi connectivity index (χ1) is 68.8. The molecule has 0 aromatic heterocycles. The van der Waals surface area contributed by atoms with Gasteiger partial charge in [-0.15, -0.1) is 0 Å². The first-order valence-electron chi connectivity index (χ1n) is 51.3. The minimum atomic E-state index is -0.967. The lowest BCUT2D eigenvalue weighted by molar-refractivity contribution is 0.767. The third-order valence-corrected chi connectivity index (χ3v) is 22.3. The van der Waals surface area contributed by atoms with E-state index >= 15 is 0 Å². The van der Waals surface area contributed by atoms with Gasteiger partial charge in [-0.1, -0.05) is 424 Å². The highest BCUT2D eigenvalue weighted by Gasteiger charge is 2.48. The van der Waals surface area contributed by atoms with E-state index < -0.39 is 148 Å². The van der Waals surface area contributed by atoms with Crippen molar-refractivity contribution in [1.29, 1.82) is 0 Å². The van der Waals surface area contributed by atoms with Crippen LogP contribution in [0.15, 0.2) is 473 Å². The van der Waals surface area contributed by atoms with Crippen LogP contribution in [-0.2, 0) is 17.3 Å². The highest BCUT2D eigenvalue weighted by molar-refractivity contribution is 6.30. The predicted molar refractivity (Wildman–Crippen MR) is 495 cm³/mol. The Labute approximate surface area is 726 Å². The average Bonchev–Trinajstić information content (AvgIpc) is 1.56. The van der Waals surface area contributed by atoms with Gasteiger partial charge in [0.25, 0.3) is 0 Å². The van der Waals surface area contributed by atoms with Gasteiger partial charge in [0.15, 0.2) is 0 Å². The van der Waals surface area contributed by atoms with Gasteiger partial charge in [-0.05, 0) is 232 Å². The van der Waals surface area contributed by atoms with Crippen LogP contribution in [0, 0.1) is 0 Å². The smallest absolute Gasteiger partial charge is 0.0714 e. The molecule has 0 radical (unpaired) electrons. The van der Waals surface area contributed by atoms with Crippen LogP contribution in [0.3, 0.4) is 0 Å². The zero-order valence-electron chi connectivity index (χ0n) is 88.6. The largest absolute Gasteiger partial charge is 0.310 e. The zero-order chi connectivity index (χ0) is 101. The second-order valence-corrected chi connectivity index (χ2v) is 28.9. The Morgan fingerprint density at radius 2 is 0.556 bits per heavy atom. The Morgan fingerprint density at radius 1 is 0.222 bits per heavy atom. The number of hydrogen-bond acceptors (Lipinski definition) is 1. The van der Waals surface area contributed by atoms with Gasteiger partial charge in [-0.3, -0.25) is 0 Å². The number of benzene rings is 20. The molecule has 0 amide bonds. The van der Waals surface area contributed by atoms with Crippen molar-refractivity contribution in [3.05, 3.63) is 533 Å². The quantitative estimate of drug-likeness (QED) is 0.104. The molecule has 1 nitrogen and oxygen atoms in total. The molecule has 0 atom stereocenters. The van der Waals surface area contributed by atoms with Crippen molar-refractivity contribution in [2.24, 2.45) is 0 Å². The molecule has 20 aromatic carbocycles. The van der Waals surface area contributed by atoms with E-state index in [4.69, 9.17) is 36.3 Å². The molecular weight excluding hydrogens is 1430 g/mol. The van der Waals surface area contributed by atoms with Crippen molar-refractivity contribution in [3.63, 3.8) is 0 Å². The third kappa shape index (κ3) is 13.1. The number of rotatable bonds is 13. The first kappa shape index (κ1) is 48.6. The standard InChI is InChI=1S/C57H39N.C38H28.C20H13Cl/c1-4-16-40(17-5-1)41-28-32-46(33-29-41)58(47-34-30-42(31-35-47)54-38-43-18-10-11-23-49(43)50-24-12-13-25-51(50)54)48-36-37-53-52-26-14-15-27-55(52)57(56(53)39-48,44-19-6-2-7-20-44)45-21-8-3-9-22-45;1-4-12-30(13-5-1)31-23-20-28(21-24-31)26-29-22-25-35-34-18-10-11-19-36(34)38(37(35)27-29,32-14-6-2-7-15-32)33-16-8-3-9-17-33;21-16-11-9-14(10-12-16)20-13-15-5-1-2-6-17(15)18-7-3-4-8-19(18)20/h1-39H;1-25,27H,26H2;1-13H/i1D,4D,5D,16D,17D,28D,29D,30D,31D,32D,33D,34D,35D;1D,4D,5D,12D,13D,20D,21D,23D,24D;9D,10D,11D,12D. The van der Waals surface area contributed by atoms with Crippen LogP contribution in [0.2, 0.25) is 5.02 Å². The summed E-state index contributed by atoms with van der Waals surface area (Å²) >= 11 is 5.95. The van der Waals surface area contributed by atoms with Crippen LogP contribution in [0.5, 0.6) is 0 Å². The van der Waals surface area contributed by atoms with Crippen LogP contribution in [-0.4, -0.2) is 0 Å². The summed E-state index contributed by atoms with van der Waals surface area (Å²) in [7, 11) is 0. The molecule has 0 unspecified atom stereocenters. The van der Waals surface area contributed by atoms with E-state index in [-0.39, 0.29) is 86.9 Å². The van der Waals surface area contributed by atoms with Gasteiger partial charge in [0.1, 0.15) is 0 Å². The highest BCUT2D eigenvalue weighted by Crippen LogP contribution is 2.59. The third-order valence-electron chi connectivity index (χ3n) is 22.1. The number of anilines is 3. The number of nitrogens with zero attached hydrogens (tertiary/aromatic N) is 1. The maximum Gasteiger partial charge on any atom is 0.0714 e. The minimum Gasteiger partial charge on any atom is -0.310 e. The fourth-order valence-corrected chi connectivity index (χ4v) is 17.2. The monoisotopic (exact) mass is 1540 g/mol. The molecule has 0 saturated carbocycles. The molecule has 0 N–H and O–H groups in total. The van der Waals surface area contributed by atoms with E-state index in [1.165, 1.54) is 4.90 Å². The summed E-state index contributed by atoms with van der Waals surface area (Å²) in [5.41, 5.74) is 10.5. The summed E-state index contributed by atoms with van der Waals surface area (Å²) in [6, 6.07) is 89.9. The molecule has 552 valence electrons. The summed E-state index contributed by atoms with van der Waals surface area (Å²) in [4.78, 5) is 1.25. The van der Waals surface area contributed by atoms with E-state index in [2.05, 4.69) is 54.6 Å². The van der Waals surface area contributed by atoms with Crippen molar-refractivity contribution in [1.82, 2.24) is 0 Å². The molecule has 20 aromatic rings. The van der Waals surface area contributed by atoms with E-state index in [1.807, 2.05) is 255 Å². The molecule has 2 aliphatic rings. The highest BCUT2D eigenvalue weighted by atomic mass is 35.5. The Bertz CT molecular complexity index is 8470. The van der Waals surface area contributed by atoms with Crippen LogP contribution in [0.4, 0.5) is 17.1 Å². The lowest BCUT2D eigenvalue weighted by Crippen LogP contribution is -2.28. The van der Waals surface area contributed by atoms with Crippen molar-refractivity contribution >= 4 is 71.8 Å². The molecule has 0 bridgehead atoms. The maximum atomic E-state index is 9.92. The molecule has 117 heavy (non-hydrogen) atoms. The molecule has 2 aliphatic carbocycles. The summed E-state index contributed by atoms with van der Waals surface area (Å²) < 4.78 is 229. The van der Waals surface area contributed by atoms with Crippen molar-refractivity contribution in [2.75, 3.05) is 4.90 Å². The van der Waals surface area contributed by atoms with Crippen molar-refractivity contribution in [3.8, 4) is 66.8 Å². The minimum absolute atomic E-state index is 0.0262. The molecule has 0 aliphatic heterocycles. The Morgan fingerprint density at radius 3 is 1.00 bits per heavy atom. The summed E-state index contributed by atoms with van der Waals surface area (Å²) in [6.07, 6.45) is 0.0967. The van der Waals surface area contributed by atoms with Crippen molar-refractivity contribution < 1.29 is 35.6 Å². The molecule has 2 heteroatoms. The predicted octanol–water partition coefficient (Wildman–Crippen LogP) is 30.8. The van der Waals surface area contributed by atoms with Gasteiger partial charge in [0.2, 0.25) is 0 Å². The van der Waals surface area contributed by atoms with E-state index in [1.54, 1.807) is 6.07 Å². The summed E-state index contributed by atoms with van der Waals surface area (Å²) in [5.74, 6) is 0. The van der Waals surface area contributed by atoms with Crippen LogP contribution in [0.1, 0.15) is 91.3 Å². The summed E-state index contributed by atoms with van der Waals surface area (Å²) in [5, 5.41) is 7.16. The second-order valence-electron chi connectivity index (χ2n) is 28.5. The Kier molecular flexibility index (Phi) is 12.9. The molecule has 0 saturated heterocycles. The molecule has 0 fully saturated rings. The van der Waals surface area contributed by atoms with E-state index in [0.717, 1.165) is 110 Å². The SMILES string of the molecule is [2H]c1c([2H])c(-c2cc3ccccc3c3ccccc23)c([2H])c([2H])c1Cl.[2H]c1c([2H])c([2H])c(-c2c([2H])c([2H])c(Cc3ccc4c(c3)C(c3ccccc3)(c3ccccc3)c3ccccc3-4)c([2H])c2[2H])c([2H])c1[2H].[2H]c1c([2H])c([2H])c(-c2c([2H])c([2H])c(N(c3ccc4c(c3)C(c3ccccc3)(c3ccccc3)c3ccccc3-4)c3c([2H])c([2H])c(-c4cc5ccccc5c5ccccc45)c([2H])c3[2H])c([2H])c2[2H])c([2H])c1[2H]. The van der Waals surface area contributed by atoms with E-state index in [9.17, 15) is 11.0 Å². The van der Waals surface area contributed by atoms with Crippen LogP contribution >= 0.6 is 11.6 Å². The molecule has 22 rings (SSSR count). The van der Waals surface area contributed by atoms with Crippen LogP contribution < -0.4 is 4.90 Å². The molecule has 0 spiro atoms. The van der Waals surface area contributed by atoms with Crippen LogP contribution in [0.25, 0.3) is 110 Å². The topological polar surface area (TPSA) is 3.24 Å². The van der Waals surface area contributed by atoms with E-state index in [0.29, 0.717) is 16.5 Å². The van der Waals surface area contributed by atoms with Gasteiger partial charge in [0.05, 0.1) is 46.5 Å². The lowest BCUT2D eigenvalue weighted by Gasteiger charge is -2.35. The zero-order valence-corrected chi connectivity index (χ0v) is 63.3. The van der Waals surface area contributed by atoms with Gasteiger partial charge >= 0.3 is 0 Å². The molecule has 0 heterocycles. The summed E-state index contributed by atoms with van der Waals surface area (Å²) in [6.45, 7) is 0. The average molecular weight is 1540 g/mol. The lowest BCUT2D eigenvalue weighted by atomic mass is 9.67. The normalized spacial score (nSPS) is 15.6. The van der Waals surface area contributed by atoms with Crippen molar-refractivity contribution in [2.45, 2.75) is 17.3 Å².